The van der Waals surface area contributed by atoms with Gasteiger partial charge in [-0.1, -0.05) is 36.0 Å². The van der Waals surface area contributed by atoms with Crippen LogP contribution < -0.4 is 0 Å². The van der Waals surface area contributed by atoms with Crippen LogP contribution in [0.4, 0.5) is 0 Å². The molecule has 0 aliphatic rings. The minimum atomic E-state index is -0.0742. The largest absolute Gasteiger partial charge is 0.411 e. The topological polar surface area (TPSA) is 108 Å². The number of fused-ring (bicyclic) bond motifs is 1. The maximum absolute atomic E-state index is 12.4. The number of aromatic amines is 1. The molecule has 0 fully saturated rings. The van der Waals surface area contributed by atoms with Crippen LogP contribution in [-0.4, -0.2) is 31.7 Å². The van der Waals surface area contributed by atoms with E-state index in [0.29, 0.717) is 22.2 Å². The number of aromatic nitrogens is 4. The molecule has 2 aromatic heterocycles. The van der Waals surface area contributed by atoms with Crippen molar-refractivity contribution in [2.24, 2.45) is 0 Å². The fraction of sp³-hybridized carbons (Fsp3) is 0.115. The molecule has 3 aromatic carbocycles. The van der Waals surface area contributed by atoms with Crippen molar-refractivity contribution in [3.8, 4) is 28.9 Å². The first-order valence-corrected chi connectivity index (χ1v) is 11.6. The van der Waals surface area contributed by atoms with Gasteiger partial charge in [-0.05, 0) is 61.4 Å². The smallest absolute Gasteiger partial charge is 0.277 e. The summed E-state index contributed by atoms with van der Waals surface area (Å²) < 4.78 is 5.73. The van der Waals surface area contributed by atoms with E-state index < -0.39 is 0 Å². The minimum Gasteiger partial charge on any atom is -0.411 e. The van der Waals surface area contributed by atoms with Gasteiger partial charge in [0.25, 0.3) is 5.22 Å². The molecule has 0 unspecified atom stereocenters. The van der Waals surface area contributed by atoms with Crippen LogP contribution in [-0.2, 0) is 0 Å². The Morgan fingerprint density at radius 1 is 1.00 bits per heavy atom. The number of rotatable bonds is 6. The molecular weight excluding hydrogens is 446 g/mol. The van der Waals surface area contributed by atoms with Crippen molar-refractivity contribution in [3.05, 3.63) is 82.9 Å². The third-order valence-electron chi connectivity index (χ3n) is 5.57. The van der Waals surface area contributed by atoms with E-state index in [1.165, 1.54) is 22.9 Å². The highest BCUT2D eigenvalue weighted by molar-refractivity contribution is 7.99. The summed E-state index contributed by atoms with van der Waals surface area (Å²) in [5.74, 6) is 1.28. The number of ketones is 1. The van der Waals surface area contributed by atoms with E-state index >= 15 is 0 Å². The monoisotopic (exact) mass is 465 g/mol. The Kier molecular flexibility index (Phi) is 5.70. The first kappa shape index (κ1) is 21.6. The number of hydrogen-bond acceptors (Lipinski definition) is 7. The van der Waals surface area contributed by atoms with Gasteiger partial charge < -0.3 is 9.40 Å². The highest BCUT2D eigenvalue weighted by Gasteiger charge is 2.13. The zero-order valence-corrected chi connectivity index (χ0v) is 19.3. The average Bonchev–Trinajstić information content (AvgIpc) is 3.50. The second kappa shape index (κ2) is 8.96. The lowest BCUT2D eigenvalue weighted by Crippen LogP contribution is -2.02. The lowest BCUT2D eigenvalue weighted by molar-refractivity contribution is 0.102. The number of aryl methyl sites for hydroxylation is 2. The molecule has 0 saturated heterocycles. The third-order valence-corrected chi connectivity index (χ3v) is 6.39. The van der Waals surface area contributed by atoms with Crippen molar-refractivity contribution in [1.29, 1.82) is 5.26 Å². The second-order valence-corrected chi connectivity index (χ2v) is 8.82. The molecule has 7 nitrogen and oxygen atoms in total. The van der Waals surface area contributed by atoms with Gasteiger partial charge in [-0.25, -0.2) is 4.98 Å². The normalized spacial score (nSPS) is 11.0. The number of nitrogens with zero attached hydrogens (tertiary/aromatic N) is 4. The maximum atomic E-state index is 12.4. The first-order valence-electron chi connectivity index (χ1n) is 10.6. The van der Waals surface area contributed by atoms with Crippen LogP contribution >= 0.6 is 11.8 Å². The van der Waals surface area contributed by atoms with Crippen LogP contribution in [0.2, 0.25) is 0 Å². The Morgan fingerprint density at radius 2 is 1.71 bits per heavy atom. The molecule has 5 rings (SSSR count). The van der Waals surface area contributed by atoms with Crippen molar-refractivity contribution in [2.45, 2.75) is 19.1 Å². The van der Waals surface area contributed by atoms with E-state index in [2.05, 4.69) is 41.2 Å². The van der Waals surface area contributed by atoms with E-state index in [4.69, 9.17) is 14.7 Å². The van der Waals surface area contributed by atoms with E-state index in [0.717, 1.165) is 28.0 Å². The molecule has 0 aliphatic carbocycles. The summed E-state index contributed by atoms with van der Waals surface area (Å²) in [7, 11) is 0. The standard InChI is InChI=1S/C26H19N5O2S/c1-15-11-21-22(12-16(15)2)29-24(28-21)19-7-9-20(10-8-19)25-30-31-26(33-25)34-14-23(32)18-5-3-17(13-27)4-6-18/h3-12H,14H2,1-2H3,(H,28,29). The molecule has 0 aliphatic heterocycles. The summed E-state index contributed by atoms with van der Waals surface area (Å²) in [4.78, 5) is 20.5. The molecule has 2 heterocycles. The molecule has 166 valence electrons. The van der Waals surface area contributed by atoms with Gasteiger partial charge in [-0.2, -0.15) is 5.26 Å². The van der Waals surface area contributed by atoms with Crippen LogP contribution in [0.3, 0.4) is 0 Å². The van der Waals surface area contributed by atoms with Crippen LogP contribution in [0.15, 0.2) is 70.3 Å². The summed E-state index contributed by atoms with van der Waals surface area (Å²) in [5.41, 5.74) is 7.18. The van der Waals surface area contributed by atoms with E-state index in [1.807, 2.05) is 30.3 Å². The number of Topliss-reactive ketones (excluding diaryl/α,β-unsaturated/α-hetero) is 1. The van der Waals surface area contributed by atoms with Crippen LogP contribution in [0.1, 0.15) is 27.0 Å². The van der Waals surface area contributed by atoms with E-state index in [1.54, 1.807) is 24.3 Å². The molecule has 8 heteroatoms. The molecular formula is C26H19N5O2S. The zero-order valence-electron chi connectivity index (χ0n) is 18.5. The van der Waals surface area contributed by atoms with Gasteiger partial charge in [0.1, 0.15) is 5.82 Å². The van der Waals surface area contributed by atoms with Crippen molar-refractivity contribution in [2.75, 3.05) is 5.75 Å². The number of H-pyrrole nitrogens is 1. The molecule has 0 amide bonds. The van der Waals surface area contributed by atoms with Gasteiger partial charge in [-0.15, -0.1) is 10.2 Å². The molecule has 0 saturated carbocycles. The highest BCUT2D eigenvalue weighted by Crippen LogP contribution is 2.27. The Labute approximate surface area is 199 Å². The van der Waals surface area contributed by atoms with Crippen molar-refractivity contribution in [3.63, 3.8) is 0 Å². The Bertz CT molecular complexity index is 1500. The van der Waals surface area contributed by atoms with Gasteiger partial charge in [0.15, 0.2) is 5.78 Å². The highest BCUT2D eigenvalue weighted by atomic mass is 32.2. The third kappa shape index (κ3) is 4.34. The number of carbonyl (C=O) groups excluding carboxylic acids is 1. The zero-order chi connectivity index (χ0) is 23.7. The Balaban J connectivity index is 1.27. The first-order chi connectivity index (χ1) is 16.5. The fourth-order valence-corrected chi connectivity index (χ4v) is 4.16. The quantitative estimate of drug-likeness (QED) is 0.251. The van der Waals surface area contributed by atoms with E-state index in [9.17, 15) is 4.79 Å². The number of benzene rings is 3. The summed E-state index contributed by atoms with van der Waals surface area (Å²) >= 11 is 1.18. The number of imidazole rings is 1. The molecule has 0 radical (unpaired) electrons. The predicted molar refractivity (Wildman–Crippen MR) is 131 cm³/mol. The van der Waals surface area contributed by atoms with E-state index in [-0.39, 0.29) is 11.5 Å². The molecule has 0 bridgehead atoms. The SMILES string of the molecule is Cc1cc2nc(-c3ccc(-c4nnc(SCC(=O)c5ccc(C#N)cc5)o4)cc3)[nH]c2cc1C. The van der Waals surface area contributed by atoms with Gasteiger partial charge in [0.2, 0.25) is 5.89 Å². The van der Waals surface area contributed by atoms with Gasteiger partial charge in [-0.3, -0.25) is 4.79 Å². The molecule has 5 aromatic rings. The summed E-state index contributed by atoms with van der Waals surface area (Å²) in [6, 6.07) is 20.5. The summed E-state index contributed by atoms with van der Waals surface area (Å²) in [6.07, 6.45) is 0. The van der Waals surface area contributed by atoms with Gasteiger partial charge >= 0.3 is 0 Å². The van der Waals surface area contributed by atoms with Gasteiger partial charge in [0.05, 0.1) is 28.4 Å². The van der Waals surface area contributed by atoms with Crippen LogP contribution in [0, 0.1) is 25.2 Å². The van der Waals surface area contributed by atoms with Crippen LogP contribution in [0.25, 0.3) is 33.9 Å². The van der Waals surface area contributed by atoms with Crippen molar-refractivity contribution < 1.29 is 9.21 Å². The number of carbonyl (C=O) groups is 1. The number of hydrogen-bond donors (Lipinski definition) is 1. The molecule has 1 N–H and O–H groups in total. The van der Waals surface area contributed by atoms with Crippen molar-refractivity contribution in [1.82, 2.24) is 20.2 Å². The molecule has 0 spiro atoms. The lowest BCUT2D eigenvalue weighted by atomic mass is 10.1. The number of nitriles is 1. The molecule has 34 heavy (non-hydrogen) atoms. The predicted octanol–water partition coefficient (Wildman–Crippen LogP) is 5.74. The minimum absolute atomic E-state index is 0.0742. The lowest BCUT2D eigenvalue weighted by Gasteiger charge is -1.99. The van der Waals surface area contributed by atoms with Gasteiger partial charge in [0, 0.05) is 16.7 Å². The Morgan fingerprint density at radius 3 is 2.44 bits per heavy atom. The number of nitrogens with one attached hydrogen (secondary N) is 1. The summed E-state index contributed by atoms with van der Waals surface area (Å²) in [6.45, 7) is 4.17. The average molecular weight is 466 g/mol. The fourth-order valence-electron chi connectivity index (χ4n) is 3.50. The summed E-state index contributed by atoms with van der Waals surface area (Å²) in [5, 5.41) is 17.3. The molecule has 0 atom stereocenters. The second-order valence-electron chi connectivity index (χ2n) is 7.89. The number of thioether (sulfide) groups is 1. The Hall–Kier alpha value is -4.22. The van der Waals surface area contributed by atoms with Crippen molar-refractivity contribution >= 4 is 28.6 Å². The van der Waals surface area contributed by atoms with Crippen LogP contribution in [0.5, 0.6) is 0 Å². The maximum Gasteiger partial charge on any atom is 0.277 e.